The van der Waals surface area contributed by atoms with Crippen molar-refractivity contribution in [2.24, 2.45) is 0 Å². The van der Waals surface area contributed by atoms with Crippen molar-refractivity contribution in [2.45, 2.75) is 26.3 Å². The van der Waals surface area contributed by atoms with Crippen molar-refractivity contribution in [2.75, 3.05) is 11.4 Å². The van der Waals surface area contributed by atoms with Gasteiger partial charge in [0.1, 0.15) is 6.04 Å². The van der Waals surface area contributed by atoms with Crippen molar-refractivity contribution in [3.8, 4) is 0 Å². The van der Waals surface area contributed by atoms with E-state index in [0.29, 0.717) is 41.1 Å². The van der Waals surface area contributed by atoms with E-state index >= 15 is 4.39 Å². The lowest BCUT2D eigenvalue weighted by atomic mass is 9.91. The number of halogens is 4. The molecule has 158 valence electrons. The molecule has 0 radical (unpaired) electrons. The number of nitrogens with one attached hydrogen (secondary N) is 1. The van der Waals surface area contributed by atoms with Gasteiger partial charge in [-0.2, -0.15) is 0 Å². The summed E-state index contributed by atoms with van der Waals surface area (Å²) in [6.45, 7) is 3.74. The molecule has 0 saturated carbocycles. The first-order chi connectivity index (χ1) is 14.9. The fourth-order valence-electron chi connectivity index (χ4n) is 4.30. The Morgan fingerprint density at radius 2 is 1.84 bits per heavy atom. The number of hydrogen-bond donors (Lipinski definition) is 1. The van der Waals surface area contributed by atoms with Crippen LogP contribution in [0.4, 0.5) is 19.1 Å². The Hall–Kier alpha value is -3.06. The monoisotopic (exact) mass is 442 g/mol. The molecule has 0 aliphatic carbocycles. The van der Waals surface area contributed by atoms with E-state index in [1.54, 1.807) is 24.4 Å². The van der Waals surface area contributed by atoms with Gasteiger partial charge in [0.15, 0.2) is 17.5 Å². The maximum Gasteiger partial charge on any atom is 0.226 e. The highest BCUT2D eigenvalue weighted by Crippen LogP contribution is 2.42. The van der Waals surface area contributed by atoms with Crippen LogP contribution in [0.1, 0.15) is 34.1 Å². The van der Waals surface area contributed by atoms with Crippen LogP contribution < -0.4 is 4.90 Å². The van der Waals surface area contributed by atoms with Gasteiger partial charge in [0.05, 0.1) is 5.02 Å². The van der Waals surface area contributed by atoms with Gasteiger partial charge in [-0.25, -0.2) is 23.1 Å². The van der Waals surface area contributed by atoms with Gasteiger partial charge in [-0.1, -0.05) is 23.7 Å². The zero-order valence-corrected chi connectivity index (χ0v) is 17.6. The van der Waals surface area contributed by atoms with Crippen LogP contribution in [0.2, 0.25) is 5.02 Å². The highest BCUT2D eigenvalue weighted by atomic mass is 35.5. The van der Waals surface area contributed by atoms with Gasteiger partial charge < -0.3 is 9.88 Å². The molecule has 1 atom stereocenters. The Bertz CT molecular complexity index is 1330. The molecule has 0 bridgehead atoms. The van der Waals surface area contributed by atoms with Crippen molar-refractivity contribution in [1.82, 2.24) is 15.0 Å². The molecule has 31 heavy (non-hydrogen) atoms. The van der Waals surface area contributed by atoms with Crippen LogP contribution in [-0.4, -0.2) is 21.5 Å². The SMILES string of the molecule is Cc1ccnc(N2CCc3c([nH]c4ccc(Cl)c(F)c34)C2c2ccc(C)c(F)c2F)n1. The molecule has 0 amide bonds. The van der Waals surface area contributed by atoms with Crippen molar-refractivity contribution >= 4 is 28.5 Å². The van der Waals surface area contributed by atoms with Gasteiger partial charge in [0.25, 0.3) is 0 Å². The lowest BCUT2D eigenvalue weighted by molar-refractivity contribution is 0.481. The molecular weight excluding hydrogens is 425 g/mol. The maximum absolute atomic E-state index is 15.2. The highest BCUT2D eigenvalue weighted by Gasteiger charge is 2.36. The van der Waals surface area contributed by atoms with E-state index in [1.165, 1.54) is 19.1 Å². The average Bonchev–Trinajstić information content (AvgIpc) is 3.14. The molecule has 1 aliphatic heterocycles. The molecule has 3 heterocycles. The number of aryl methyl sites for hydroxylation is 2. The van der Waals surface area contributed by atoms with E-state index in [-0.39, 0.29) is 16.1 Å². The van der Waals surface area contributed by atoms with Crippen LogP contribution in [0.25, 0.3) is 10.9 Å². The van der Waals surface area contributed by atoms with Crippen LogP contribution in [0, 0.1) is 31.3 Å². The number of aromatic nitrogens is 3. The molecule has 1 unspecified atom stereocenters. The third-order valence-corrected chi connectivity index (χ3v) is 6.11. The summed E-state index contributed by atoms with van der Waals surface area (Å²) in [6, 6.07) is 7.27. The molecule has 8 heteroatoms. The smallest absolute Gasteiger partial charge is 0.226 e. The van der Waals surface area contributed by atoms with Gasteiger partial charge in [0.2, 0.25) is 5.95 Å². The number of H-pyrrole nitrogens is 1. The molecule has 0 spiro atoms. The Balaban J connectivity index is 1.79. The molecule has 5 rings (SSSR count). The van der Waals surface area contributed by atoms with Crippen LogP contribution in [0.3, 0.4) is 0 Å². The van der Waals surface area contributed by atoms with E-state index in [9.17, 15) is 8.78 Å². The number of nitrogens with zero attached hydrogens (tertiary/aromatic N) is 3. The molecule has 0 saturated heterocycles. The molecule has 2 aromatic heterocycles. The van der Waals surface area contributed by atoms with Gasteiger partial charge in [-0.05, 0) is 49.6 Å². The summed E-state index contributed by atoms with van der Waals surface area (Å²) >= 11 is 6.02. The van der Waals surface area contributed by atoms with Crippen molar-refractivity contribution in [3.05, 3.63) is 87.1 Å². The van der Waals surface area contributed by atoms with Crippen LogP contribution >= 0.6 is 11.6 Å². The van der Waals surface area contributed by atoms with Crippen LogP contribution in [0.15, 0.2) is 36.5 Å². The number of rotatable bonds is 2. The number of anilines is 1. The van der Waals surface area contributed by atoms with E-state index in [1.807, 2.05) is 11.8 Å². The molecular formula is C23H18ClF3N4. The largest absolute Gasteiger partial charge is 0.356 e. The average molecular weight is 443 g/mol. The van der Waals surface area contributed by atoms with Crippen molar-refractivity contribution < 1.29 is 13.2 Å². The van der Waals surface area contributed by atoms with E-state index in [4.69, 9.17) is 11.6 Å². The predicted octanol–water partition coefficient (Wildman–Crippen LogP) is 5.80. The molecule has 1 aliphatic rings. The zero-order valence-electron chi connectivity index (χ0n) is 16.8. The molecule has 4 aromatic rings. The fourth-order valence-corrected chi connectivity index (χ4v) is 4.46. The molecule has 4 nitrogen and oxygen atoms in total. The second kappa shape index (κ2) is 7.27. The summed E-state index contributed by atoms with van der Waals surface area (Å²) in [5.41, 5.74) is 2.92. The molecule has 1 N–H and O–H groups in total. The Morgan fingerprint density at radius 1 is 1.03 bits per heavy atom. The fraction of sp³-hybridized carbons (Fsp3) is 0.217. The van der Waals surface area contributed by atoms with Gasteiger partial charge in [-0.15, -0.1) is 0 Å². The van der Waals surface area contributed by atoms with E-state index < -0.39 is 23.5 Å². The lowest BCUT2D eigenvalue weighted by Gasteiger charge is -2.36. The van der Waals surface area contributed by atoms with Crippen molar-refractivity contribution in [3.63, 3.8) is 0 Å². The Labute approximate surface area is 181 Å². The third-order valence-electron chi connectivity index (χ3n) is 5.82. The summed E-state index contributed by atoms with van der Waals surface area (Å²) in [7, 11) is 0. The third kappa shape index (κ3) is 3.07. The maximum atomic E-state index is 15.2. The highest BCUT2D eigenvalue weighted by molar-refractivity contribution is 6.31. The summed E-state index contributed by atoms with van der Waals surface area (Å²) in [5.74, 6) is -1.97. The van der Waals surface area contributed by atoms with Gasteiger partial charge in [-0.3, -0.25) is 0 Å². The second-order valence-corrected chi connectivity index (χ2v) is 8.15. The molecule has 2 aromatic carbocycles. The standard InChI is InChI=1S/C23H18ClF3N4/c1-11-3-4-14(19(26)18(11)25)22-21-13(17-16(30-21)6-5-15(24)20(17)27)8-10-31(22)23-28-9-7-12(2)29-23/h3-7,9,22,30H,8,10H2,1-2H3. The lowest BCUT2D eigenvalue weighted by Crippen LogP contribution is -2.38. The first kappa shape index (κ1) is 19.9. The Kier molecular flexibility index (Phi) is 4.66. The quantitative estimate of drug-likeness (QED) is 0.427. The van der Waals surface area contributed by atoms with E-state index in [2.05, 4.69) is 15.0 Å². The minimum atomic E-state index is -0.937. The molecule has 0 fully saturated rings. The van der Waals surface area contributed by atoms with Crippen molar-refractivity contribution in [1.29, 1.82) is 0 Å². The minimum Gasteiger partial charge on any atom is -0.356 e. The first-order valence-electron chi connectivity index (χ1n) is 9.86. The predicted molar refractivity (Wildman–Crippen MR) is 114 cm³/mol. The normalized spacial score (nSPS) is 16.1. The van der Waals surface area contributed by atoms with Gasteiger partial charge in [0, 0.05) is 40.6 Å². The summed E-state index contributed by atoms with van der Waals surface area (Å²) in [5, 5.41) is 0.396. The zero-order chi connectivity index (χ0) is 21.9. The minimum absolute atomic E-state index is 0.0165. The number of aromatic amines is 1. The Morgan fingerprint density at radius 3 is 2.61 bits per heavy atom. The number of hydrogen-bond acceptors (Lipinski definition) is 3. The number of benzene rings is 2. The number of fused-ring (bicyclic) bond motifs is 3. The summed E-state index contributed by atoms with van der Waals surface area (Å²) < 4.78 is 44.6. The second-order valence-electron chi connectivity index (χ2n) is 7.74. The summed E-state index contributed by atoms with van der Waals surface area (Å²) in [6.07, 6.45) is 2.09. The topological polar surface area (TPSA) is 44.8 Å². The van der Waals surface area contributed by atoms with Crippen LogP contribution in [-0.2, 0) is 6.42 Å². The first-order valence-corrected chi connectivity index (χ1v) is 10.2. The van der Waals surface area contributed by atoms with Gasteiger partial charge >= 0.3 is 0 Å². The summed E-state index contributed by atoms with van der Waals surface area (Å²) in [4.78, 5) is 13.9. The van der Waals surface area contributed by atoms with Crippen LogP contribution in [0.5, 0.6) is 0 Å². The van der Waals surface area contributed by atoms with E-state index in [0.717, 1.165) is 5.69 Å².